The van der Waals surface area contributed by atoms with Gasteiger partial charge in [0.25, 0.3) is 5.91 Å². The second kappa shape index (κ2) is 8.02. The number of carbonyl (C=O) groups is 1. The van der Waals surface area contributed by atoms with Crippen molar-refractivity contribution in [2.24, 2.45) is 0 Å². The first-order valence-corrected chi connectivity index (χ1v) is 8.10. The summed E-state index contributed by atoms with van der Waals surface area (Å²) in [6.07, 6.45) is 0.644. The molecule has 1 amide bonds. The van der Waals surface area contributed by atoms with Crippen molar-refractivity contribution in [2.45, 2.75) is 19.4 Å². The number of hydrogen-bond acceptors (Lipinski definition) is 3. The smallest absolute Gasteiger partial charge is 0.251 e. The lowest BCUT2D eigenvalue weighted by Gasteiger charge is -2.17. The second-order valence-corrected chi connectivity index (χ2v) is 6.10. The van der Waals surface area contributed by atoms with Crippen molar-refractivity contribution in [2.75, 3.05) is 14.2 Å². The number of methoxy groups -OCH3 is 2. The summed E-state index contributed by atoms with van der Waals surface area (Å²) in [5.41, 5.74) is 1.63. The molecule has 5 heteroatoms. The van der Waals surface area contributed by atoms with Crippen molar-refractivity contribution in [1.82, 2.24) is 5.32 Å². The Bertz CT molecular complexity index is 673. The zero-order valence-electron chi connectivity index (χ0n) is 13.4. The van der Waals surface area contributed by atoms with Gasteiger partial charge in [0, 0.05) is 11.6 Å². The summed E-state index contributed by atoms with van der Waals surface area (Å²) >= 11 is 3.44. The maximum Gasteiger partial charge on any atom is 0.251 e. The minimum Gasteiger partial charge on any atom is -0.496 e. The molecule has 1 unspecified atom stereocenters. The van der Waals surface area contributed by atoms with Crippen LogP contribution < -0.4 is 14.8 Å². The van der Waals surface area contributed by atoms with Crippen molar-refractivity contribution in [1.29, 1.82) is 0 Å². The van der Waals surface area contributed by atoms with Crippen molar-refractivity contribution < 1.29 is 14.3 Å². The first kappa shape index (κ1) is 17.3. The summed E-state index contributed by atoms with van der Waals surface area (Å²) in [6.45, 7) is 1.97. The molecule has 0 aliphatic rings. The van der Waals surface area contributed by atoms with Crippen LogP contribution in [0.1, 0.15) is 22.8 Å². The van der Waals surface area contributed by atoms with Crippen LogP contribution in [-0.4, -0.2) is 26.2 Å². The number of nitrogens with one attached hydrogen (secondary N) is 1. The van der Waals surface area contributed by atoms with Crippen molar-refractivity contribution in [3.8, 4) is 11.5 Å². The van der Waals surface area contributed by atoms with Crippen molar-refractivity contribution in [3.63, 3.8) is 0 Å². The summed E-state index contributed by atoms with van der Waals surface area (Å²) in [4.78, 5) is 12.2. The number of ether oxygens (including phenoxy) is 2. The summed E-state index contributed by atoms with van der Waals surface area (Å²) in [5, 5.41) is 3.00. The van der Waals surface area contributed by atoms with Gasteiger partial charge in [0.15, 0.2) is 0 Å². The van der Waals surface area contributed by atoms with E-state index in [2.05, 4.69) is 21.2 Å². The maximum absolute atomic E-state index is 12.2. The van der Waals surface area contributed by atoms with Crippen LogP contribution in [0.3, 0.4) is 0 Å². The summed E-state index contributed by atoms with van der Waals surface area (Å²) in [6, 6.07) is 12.9. The zero-order chi connectivity index (χ0) is 16.8. The van der Waals surface area contributed by atoms with Gasteiger partial charge >= 0.3 is 0 Å². The van der Waals surface area contributed by atoms with Crippen LogP contribution in [0, 0.1) is 0 Å². The molecule has 0 radical (unpaired) electrons. The number of rotatable bonds is 6. The van der Waals surface area contributed by atoms with Gasteiger partial charge in [-0.05, 0) is 59.1 Å². The first-order chi connectivity index (χ1) is 11.0. The lowest BCUT2D eigenvalue weighted by molar-refractivity contribution is 0.0940. The van der Waals surface area contributed by atoms with Gasteiger partial charge in [-0.15, -0.1) is 0 Å². The summed E-state index contributed by atoms with van der Waals surface area (Å²) in [5.74, 6) is 1.42. The lowest BCUT2D eigenvalue weighted by atomic mass is 10.0. The molecule has 0 aliphatic carbocycles. The van der Waals surface area contributed by atoms with Crippen LogP contribution in [0.4, 0.5) is 0 Å². The predicted octanol–water partition coefficient (Wildman–Crippen LogP) is 3.83. The average Bonchev–Trinajstić information content (AvgIpc) is 2.56. The van der Waals surface area contributed by atoms with Gasteiger partial charge in [-0.1, -0.05) is 18.2 Å². The Morgan fingerprint density at radius 3 is 2.39 bits per heavy atom. The van der Waals surface area contributed by atoms with E-state index in [4.69, 9.17) is 9.47 Å². The Morgan fingerprint density at radius 2 is 1.78 bits per heavy atom. The predicted molar refractivity (Wildman–Crippen MR) is 94.3 cm³/mol. The number of carbonyl (C=O) groups excluding carboxylic acids is 1. The minimum absolute atomic E-state index is 0.0394. The fourth-order valence-corrected chi connectivity index (χ4v) is 2.85. The third kappa shape index (κ3) is 4.48. The standard InChI is InChI=1S/C18H20BrNO3/c1-12(20-18(21)13-7-5-4-6-8-13)9-14-10-17(23-3)15(19)11-16(14)22-2/h4-8,10-12H,9H2,1-3H3,(H,20,21). The molecular weight excluding hydrogens is 358 g/mol. The van der Waals surface area contributed by atoms with Gasteiger partial charge in [0.05, 0.1) is 18.7 Å². The molecule has 0 saturated carbocycles. The third-order valence-corrected chi connectivity index (χ3v) is 4.11. The van der Waals surface area contributed by atoms with E-state index in [0.717, 1.165) is 21.5 Å². The van der Waals surface area contributed by atoms with E-state index < -0.39 is 0 Å². The third-order valence-electron chi connectivity index (χ3n) is 3.49. The summed E-state index contributed by atoms with van der Waals surface area (Å²) in [7, 11) is 3.25. The van der Waals surface area contributed by atoms with Gasteiger partial charge in [0.2, 0.25) is 0 Å². The van der Waals surface area contributed by atoms with Gasteiger partial charge in [-0.3, -0.25) is 4.79 Å². The normalized spacial score (nSPS) is 11.7. The number of hydrogen-bond donors (Lipinski definition) is 1. The van der Waals surface area contributed by atoms with Crippen LogP contribution in [0.15, 0.2) is 46.9 Å². The Kier molecular flexibility index (Phi) is 6.04. The van der Waals surface area contributed by atoms with E-state index in [1.165, 1.54) is 0 Å². The molecule has 0 aromatic heterocycles. The van der Waals surface area contributed by atoms with E-state index in [0.29, 0.717) is 12.0 Å². The van der Waals surface area contributed by atoms with Crippen LogP contribution in [-0.2, 0) is 6.42 Å². The fourth-order valence-electron chi connectivity index (χ4n) is 2.36. The second-order valence-electron chi connectivity index (χ2n) is 5.24. The van der Waals surface area contributed by atoms with E-state index >= 15 is 0 Å². The van der Waals surface area contributed by atoms with Crippen molar-refractivity contribution >= 4 is 21.8 Å². The van der Waals surface area contributed by atoms with Gasteiger partial charge < -0.3 is 14.8 Å². The van der Waals surface area contributed by atoms with Gasteiger partial charge in [0.1, 0.15) is 11.5 Å². The Balaban J connectivity index is 2.10. The summed E-state index contributed by atoms with van der Waals surface area (Å²) < 4.78 is 11.6. The Labute approximate surface area is 144 Å². The van der Waals surface area contributed by atoms with Crippen LogP contribution in [0.5, 0.6) is 11.5 Å². The SMILES string of the molecule is COc1cc(CC(C)NC(=O)c2ccccc2)c(OC)cc1Br. The van der Waals surface area contributed by atoms with E-state index in [1.54, 1.807) is 26.4 Å². The average molecular weight is 378 g/mol. The molecule has 4 nitrogen and oxygen atoms in total. The highest BCUT2D eigenvalue weighted by Gasteiger charge is 2.15. The largest absolute Gasteiger partial charge is 0.496 e. The van der Waals surface area contributed by atoms with Gasteiger partial charge in [-0.25, -0.2) is 0 Å². The number of benzene rings is 2. The Morgan fingerprint density at radius 1 is 1.13 bits per heavy atom. The number of halogens is 1. The van der Waals surface area contributed by atoms with Gasteiger partial charge in [-0.2, -0.15) is 0 Å². The van der Waals surface area contributed by atoms with Crippen LogP contribution >= 0.6 is 15.9 Å². The highest BCUT2D eigenvalue weighted by molar-refractivity contribution is 9.10. The minimum atomic E-state index is -0.0823. The monoisotopic (exact) mass is 377 g/mol. The molecule has 122 valence electrons. The maximum atomic E-state index is 12.2. The van der Waals surface area contributed by atoms with Crippen LogP contribution in [0.2, 0.25) is 0 Å². The number of amides is 1. The molecule has 0 saturated heterocycles. The molecule has 1 atom stereocenters. The highest BCUT2D eigenvalue weighted by Crippen LogP contribution is 2.33. The van der Waals surface area contributed by atoms with E-state index in [1.807, 2.05) is 37.3 Å². The molecule has 2 aromatic carbocycles. The van der Waals surface area contributed by atoms with E-state index in [9.17, 15) is 4.79 Å². The molecule has 0 bridgehead atoms. The molecule has 2 rings (SSSR count). The highest BCUT2D eigenvalue weighted by atomic mass is 79.9. The topological polar surface area (TPSA) is 47.6 Å². The van der Waals surface area contributed by atoms with Crippen molar-refractivity contribution in [3.05, 3.63) is 58.1 Å². The van der Waals surface area contributed by atoms with Crippen LogP contribution in [0.25, 0.3) is 0 Å². The van der Waals surface area contributed by atoms with E-state index in [-0.39, 0.29) is 11.9 Å². The molecule has 1 N–H and O–H groups in total. The molecule has 0 aliphatic heterocycles. The lowest BCUT2D eigenvalue weighted by Crippen LogP contribution is -2.34. The molecular formula is C18H20BrNO3. The quantitative estimate of drug-likeness (QED) is 0.831. The fraction of sp³-hybridized carbons (Fsp3) is 0.278. The molecule has 0 fully saturated rings. The molecule has 23 heavy (non-hydrogen) atoms. The first-order valence-electron chi connectivity index (χ1n) is 7.31. The molecule has 0 heterocycles. The Hall–Kier alpha value is -2.01. The molecule has 0 spiro atoms. The zero-order valence-corrected chi connectivity index (χ0v) is 15.0. The molecule has 2 aromatic rings.